The van der Waals surface area contributed by atoms with Crippen molar-refractivity contribution in [2.45, 2.75) is 52.2 Å². The lowest BCUT2D eigenvalue weighted by molar-refractivity contribution is -0.00667. The minimum absolute atomic E-state index is 0.398. The van der Waals surface area contributed by atoms with Crippen molar-refractivity contribution in [2.24, 2.45) is 5.41 Å². The second kappa shape index (κ2) is 5.31. The molecule has 0 spiro atoms. The number of nitrogens with one attached hydrogen (secondary N) is 1. The normalized spacial score (nSPS) is 20.4. The van der Waals surface area contributed by atoms with Crippen LogP contribution < -0.4 is 5.32 Å². The van der Waals surface area contributed by atoms with Gasteiger partial charge in [0.05, 0.1) is 12.7 Å². The lowest BCUT2D eigenvalue weighted by Gasteiger charge is -2.34. The van der Waals surface area contributed by atoms with E-state index >= 15 is 0 Å². The fraction of sp³-hybridized carbons (Fsp3) is 0.833. The molecule has 0 bridgehead atoms. The van der Waals surface area contributed by atoms with E-state index in [9.17, 15) is 0 Å². The van der Waals surface area contributed by atoms with Crippen LogP contribution in [0.25, 0.3) is 0 Å². The fourth-order valence-corrected chi connectivity index (χ4v) is 2.75. The van der Waals surface area contributed by atoms with Crippen LogP contribution in [0.5, 0.6) is 0 Å². The Hall–Kier alpha value is -0.680. The number of rotatable bonds is 4. The Bertz CT molecular complexity index is 354. The third-order valence-electron chi connectivity index (χ3n) is 3.52. The first-order valence-corrected chi connectivity index (χ1v) is 6.99. The molecule has 0 aliphatic heterocycles. The predicted octanol–water partition coefficient (Wildman–Crippen LogP) is 3.07. The third-order valence-corrected chi connectivity index (χ3v) is 4.31. The molecule has 0 amide bonds. The van der Waals surface area contributed by atoms with Gasteiger partial charge in [-0.3, -0.25) is 0 Å². The molecule has 1 aliphatic rings. The largest absolute Gasteiger partial charge is 0.377 e. The number of aromatic nitrogens is 2. The Kier molecular flexibility index (Phi) is 3.99. The Balaban J connectivity index is 1.80. The molecule has 1 aliphatic carbocycles. The first-order valence-electron chi connectivity index (χ1n) is 6.21. The summed E-state index contributed by atoms with van der Waals surface area (Å²) in [6.07, 6.45) is 5.24. The summed E-state index contributed by atoms with van der Waals surface area (Å²) >= 11 is 1.38. The molecule has 0 aromatic carbocycles. The van der Waals surface area contributed by atoms with E-state index in [2.05, 4.69) is 28.8 Å². The van der Waals surface area contributed by atoms with Crippen molar-refractivity contribution in [2.75, 3.05) is 12.4 Å². The SMILES string of the molecule is CNc1snnc1COC1CCC(C)(C)CC1. The molecule has 0 saturated heterocycles. The molecule has 1 aromatic rings. The van der Waals surface area contributed by atoms with Gasteiger partial charge in [-0.15, -0.1) is 5.10 Å². The van der Waals surface area contributed by atoms with Gasteiger partial charge < -0.3 is 10.1 Å². The molecule has 4 nitrogen and oxygen atoms in total. The van der Waals surface area contributed by atoms with E-state index in [1.54, 1.807) is 0 Å². The second-order valence-electron chi connectivity index (χ2n) is 5.47. The third kappa shape index (κ3) is 3.39. The van der Waals surface area contributed by atoms with E-state index < -0.39 is 0 Å². The van der Waals surface area contributed by atoms with Crippen LogP contribution in [-0.2, 0) is 11.3 Å². The summed E-state index contributed by atoms with van der Waals surface area (Å²) in [6.45, 7) is 5.26. The van der Waals surface area contributed by atoms with Gasteiger partial charge in [0.15, 0.2) is 0 Å². The summed E-state index contributed by atoms with van der Waals surface area (Å²) in [7, 11) is 1.89. The average Bonchev–Trinajstić information content (AvgIpc) is 2.75. The van der Waals surface area contributed by atoms with Crippen LogP contribution in [-0.4, -0.2) is 22.7 Å². The first-order chi connectivity index (χ1) is 8.11. The minimum Gasteiger partial charge on any atom is -0.377 e. The quantitative estimate of drug-likeness (QED) is 0.898. The maximum atomic E-state index is 5.93. The zero-order valence-corrected chi connectivity index (χ0v) is 11.6. The highest BCUT2D eigenvalue weighted by Gasteiger charge is 2.27. The van der Waals surface area contributed by atoms with Gasteiger partial charge in [0.1, 0.15) is 10.7 Å². The highest BCUT2D eigenvalue weighted by molar-refractivity contribution is 7.10. The molecule has 96 valence electrons. The van der Waals surface area contributed by atoms with E-state index in [0.29, 0.717) is 18.1 Å². The maximum Gasteiger partial charge on any atom is 0.135 e. The van der Waals surface area contributed by atoms with Crippen LogP contribution in [0.3, 0.4) is 0 Å². The zero-order chi connectivity index (χ0) is 12.3. The van der Waals surface area contributed by atoms with Gasteiger partial charge in [0.2, 0.25) is 0 Å². The van der Waals surface area contributed by atoms with E-state index in [-0.39, 0.29) is 0 Å². The average molecular weight is 255 g/mol. The summed E-state index contributed by atoms with van der Waals surface area (Å²) in [5.74, 6) is 0. The molecule has 1 aromatic heterocycles. The van der Waals surface area contributed by atoms with Gasteiger partial charge in [-0.05, 0) is 31.1 Å². The molecular formula is C12H21N3OS. The predicted molar refractivity (Wildman–Crippen MR) is 70.3 cm³/mol. The topological polar surface area (TPSA) is 47.0 Å². The summed E-state index contributed by atoms with van der Waals surface area (Å²) < 4.78 is 9.86. The van der Waals surface area contributed by atoms with Crippen molar-refractivity contribution in [1.82, 2.24) is 9.59 Å². The minimum atomic E-state index is 0.398. The van der Waals surface area contributed by atoms with Crippen LogP contribution in [0.4, 0.5) is 5.00 Å². The van der Waals surface area contributed by atoms with Gasteiger partial charge >= 0.3 is 0 Å². The molecule has 5 heteroatoms. The van der Waals surface area contributed by atoms with E-state index in [1.165, 1.54) is 37.2 Å². The molecule has 17 heavy (non-hydrogen) atoms. The molecule has 1 fully saturated rings. The van der Waals surface area contributed by atoms with Crippen molar-refractivity contribution in [3.63, 3.8) is 0 Å². The van der Waals surface area contributed by atoms with Crippen molar-refractivity contribution in [3.8, 4) is 0 Å². The van der Waals surface area contributed by atoms with E-state index in [4.69, 9.17) is 4.74 Å². The Morgan fingerprint density at radius 1 is 1.41 bits per heavy atom. The van der Waals surface area contributed by atoms with Crippen molar-refractivity contribution >= 4 is 16.5 Å². The Morgan fingerprint density at radius 3 is 2.76 bits per heavy atom. The number of ether oxygens (including phenoxy) is 1. The van der Waals surface area contributed by atoms with Gasteiger partial charge in [0, 0.05) is 18.6 Å². The smallest absolute Gasteiger partial charge is 0.135 e. The molecule has 1 saturated carbocycles. The van der Waals surface area contributed by atoms with Crippen molar-refractivity contribution in [1.29, 1.82) is 0 Å². The monoisotopic (exact) mass is 255 g/mol. The maximum absolute atomic E-state index is 5.93. The van der Waals surface area contributed by atoms with Gasteiger partial charge in [0.25, 0.3) is 0 Å². The highest BCUT2D eigenvalue weighted by atomic mass is 32.1. The molecule has 2 rings (SSSR count). The second-order valence-corrected chi connectivity index (χ2v) is 6.23. The fourth-order valence-electron chi connectivity index (χ4n) is 2.23. The first kappa shape index (κ1) is 12.8. The van der Waals surface area contributed by atoms with Gasteiger partial charge in [-0.25, -0.2) is 0 Å². The summed E-state index contributed by atoms with van der Waals surface area (Å²) in [6, 6.07) is 0. The van der Waals surface area contributed by atoms with Crippen molar-refractivity contribution < 1.29 is 4.74 Å². The zero-order valence-electron chi connectivity index (χ0n) is 10.8. The highest BCUT2D eigenvalue weighted by Crippen LogP contribution is 2.36. The van der Waals surface area contributed by atoms with E-state index in [1.807, 2.05) is 7.05 Å². The molecule has 0 unspecified atom stereocenters. The Labute approximate surface area is 107 Å². The van der Waals surface area contributed by atoms with E-state index in [0.717, 1.165) is 10.7 Å². The number of hydrogen-bond donors (Lipinski definition) is 1. The van der Waals surface area contributed by atoms with Gasteiger partial charge in [-0.2, -0.15) is 0 Å². The number of hydrogen-bond acceptors (Lipinski definition) is 5. The van der Waals surface area contributed by atoms with Crippen LogP contribution in [0.15, 0.2) is 0 Å². The number of anilines is 1. The lowest BCUT2D eigenvalue weighted by Crippen LogP contribution is -2.26. The van der Waals surface area contributed by atoms with Crippen LogP contribution in [0, 0.1) is 5.41 Å². The van der Waals surface area contributed by atoms with Crippen LogP contribution in [0.2, 0.25) is 0 Å². The van der Waals surface area contributed by atoms with Crippen molar-refractivity contribution in [3.05, 3.63) is 5.69 Å². The number of nitrogens with zero attached hydrogens (tertiary/aromatic N) is 2. The molecule has 0 radical (unpaired) electrons. The summed E-state index contributed by atoms with van der Waals surface area (Å²) in [4.78, 5) is 0. The Morgan fingerprint density at radius 2 is 2.12 bits per heavy atom. The molecule has 1 N–H and O–H groups in total. The van der Waals surface area contributed by atoms with Crippen LogP contribution >= 0.6 is 11.5 Å². The standard InChI is InChI=1S/C12H21N3OS/c1-12(2)6-4-9(5-7-12)16-8-10-11(13-3)17-15-14-10/h9,13H,4-8H2,1-3H3. The summed E-state index contributed by atoms with van der Waals surface area (Å²) in [5, 5.41) is 8.19. The summed E-state index contributed by atoms with van der Waals surface area (Å²) in [5.41, 5.74) is 1.43. The van der Waals surface area contributed by atoms with Gasteiger partial charge in [-0.1, -0.05) is 18.3 Å². The molecular weight excluding hydrogens is 234 g/mol. The molecule has 1 heterocycles. The lowest BCUT2D eigenvalue weighted by atomic mass is 9.76. The van der Waals surface area contributed by atoms with Crippen LogP contribution in [0.1, 0.15) is 45.2 Å². The molecule has 0 atom stereocenters.